The molecule has 1 aliphatic heterocycles. The zero-order valence-corrected chi connectivity index (χ0v) is 14.9. The normalized spacial score (nSPS) is 16.6. The fourth-order valence-corrected chi connectivity index (χ4v) is 3.86. The Morgan fingerprint density at radius 3 is 2.29 bits per heavy atom. The molecule has 1 aliphatic rings. The van der Waals surface area contributed by atoms with Gasteiger partial charge in [0.1, 0.15) is 0 Å². The first-order valence-corrected chi connectivity index (χ1v) is 9.95. The number of carbonyl (C=O) groups is 1. The standard InChI is InChI=1S/C14H17BrClNO3S/c1-10-12(8-11(9-13(10)15)21(16,19)20)14(18)17-6-4-2-3-5-7-17/h8-9H,2-7H2,1H3. The second-order valence-corrected chi connectivity index (χ2v) is 8.64. The van der Waals surface area contributed by atoms with Crippen LogP contribution in [0.1, 0.15) is 41.6 Å². The van der Waals surface area contributed by atoms with Gasteiger partial charge in [-0.2, -0.15) is 0 Å². The highest BCUT2D eigenvalue weighted by molar-refractivity contribution is 9.10. The van der Waals surface area contributed by atoms with E-state index < -0.39 is 9.05 Å². The minimum absolute atomic E-state index is 0.0557. The lowest BCUT2D eigenvalue weighted by atomic mass is 10.1. The van der Waals surface area contributed by atoms with E-state index in [1.165, 1.54) is 12.1 Å². The molecule has 0 saturated carbocycles. The molecular weight excluding hydrogens is 378 g/mol. The monoisotopic (exact) mass is 393 g/mol. The maximum absolute atomic E-state index is 12.7. The maximum Gasteiger partial charge on any atom is 0.261 e. The maximum atomic E-state index is 12.7. The van der Waals surface area contributed by atoms with Crippen molar-refractivity contribution in [1.82, 2.24) is 4.90 Å². The molecule has 1 aromatic rings. The zero-order chi connectivity index (χ0) is 15.6. The summed E-state index contributed by atoms with van der Waals surface area (Å²) in [6.07, 6.45) is 4.23. The van der Waals surface area contributed by atoms with Crippen molar-refractivity contribution in [2.75, 3.05) is 13.1 Å². The molecule has 116 valence electrons. The summed E-state index contributed by atoms with van der Waals surface area (Å²) in [4.78, 5) is 14.4. The van der Waals surface area contributed by atoms with E-state index in [-0.39, 0.29) is 10.8 Å². The number of nitrogens with zero attached hydrogens (tertiary/aromatic N) is 1. The second kappa shape index (κ2) is 6.67. The molecule has 1 fully saturated rings. The summed E-state index contributed by atoms with van der Waals surface area (Å²) in [6.45, 7) is 3.22. The van der Waals surface area contributed by atoms with Crippen molar-refractivity contribution in [1.29, 1.82) is 0 Å². The van der Waals surface area contributed by atoms with Gasteiger partial charge in [0.25, 0.3) is 15.0 Å². The number of hydrogen-bond donors (Lipinski definition) is 0. The fraction of sp³-hybridized carbons (Fsp3) is 0.500. The van der Waals surface area contributed by atoms with Gasteiger partial charge in [0.05, 0.1) is 4.90 Å². The molecule has 0 aliphatic carbocycles. The minimum Gasteiger partial charge on any atom is -0.339 e. The van der Waals surface area contributed by atoms with E-state index in [0.717, 1.165) is 31.2 Å². The van der Waals surface area contributed by atoms with Crippen molar-refractivity contribution in [3.05, 3.63) is 27.7 Å². The smallest absolute Gasteiger partial charge is 0.261 e. The second-order valence-electron chi connectivity index (χ2n) is 5.22. The molecule has 2 rings (SSSR count). The largest absolute Gasteiger partial charge is 0.339 e. The van der Waals surface area contributed by atoms with Gasteiger partial charge in [-0.05, 0) is 37.5 Å². The summed E-state index contributed by atoms with van der Waals surface area (Å²) in [7, 11) is 1.53. The molecule has 1 heterocycles. The number of amides is 1. The molecule has 0 atom stereocenters. The van der Waals surface area contributed by atoms with Gasteiger partial charge in [0.2, 0.25) is 0 Å². The Bertz CT molecular complexity index is 652. The summed E-state index contributed by atoms with van der Waals surface area (Å²) < 4.78 is 23.6. The molecule has 0 bridgehead atoms. The summed E-state index contributed by atoms with van der Waals surface area (Å²) in [5.41, 5.74) is 1.12. The van der Waals surface area contributed by atoms with Crippen LogP contribution in [0.2, 0.25) is 0 Å². The van der Waals surface area contributed by atoms with E-state index >= 15 is 0 Å². The lowest BCUT2D eigenvalue weighted by Crippen LogP contribution is -2.32. The molecule has 21 heavy (non-hydrogen) atoms. The van der Waals surface area contributed by atoms with Gasteiger partial charge in [-0.1, -0.05) is 28.8 Å². The Morgan fingerprint density at radius 1 is 1.19 bits per heavy atom. The van der Waals surface area contributed by atoms with E-state index in [1.54, 1.807) is 11.8 Å². The fourth-order valence-electron chi connectivity index (χ4n) is 2.46. The van der Waals surface area contributed by atoms with Crippen molar-refractivity contribution in [2.24, 2.45) is 0 Å². The number of rotatable bonds is 2. The van der Waals surface area contributed by atoms with Gasteiger partial charge in [0, 0.05) is 33.8 Å². The summed E-state index contributed by atoms with van der Waals surface area (Å²) >= 11 is 3.30. The topological polar surface area (TPSA) is 54.5 Å². The van der Waals surface area contributed by atoms with Gasteiger partial charge in [-0.15, -0.1) is 0 Å². The zero-order valence-electron chi connectivity index (χ0n) is 11.7. The van der Waals surface area contributed by atoms with Gasteiger partial charge < -0.3 is 4.90 Å². The van der Waals surface area contributed by atoms with E-state index in [2.05, 4.69) is 15.9 Å². The van der Waals surface area contributed by atoms with Crippen LogP contribution in [0, 0.1) is 6.92 Å². The predicted molar refractivity (Wildman–Crippen MR) is 86.3 cm³/mol. The van der Waals surface area contributed by atoms with Gasteiger partial charge in [-0.25, -0.2) is 8.42 Å². The number of carbonyl (C=O) groups excluding carboxylic acids is 1. The van der Waals surface area contributed by atoms with Crippen LogP contribution in [-0.2, 0) is 9.05 Å². The Hall–Kier alpha value is -0.590. The number of benzene rings is 1. The van der Waals surface area contributed by atoms with E-state index in [4.69, 9.17) is 10.7 Å². The molecule has 0 unspecified atom stereocenters. The van der Waals surface area contributed by atoms with Crippen LogP contribution in [0.3, 0.4) is 0 Å². The van der Waals surface area contributed by atoms with Crippen molar-refractivity contribution < 1.29 is 13.2 Å². The third-order valence-corrected chi connectivity index (χ3v) is 5.88. The Balaban J connectivity index is 2.42. The van der Waals surface area contributed by atoms with Crippen LogP contribution in [0.15, 0.2) is 21.5 Å². The van der Waals surface area contributed by atoms with Gasteiger partial charge >= 0.3 is 0 Å². The molecule has 0 spiro atoms. The SMILES string of the molecule is Cc1c(Br)cc(S(=O)(=O)Cl)cc1C(=O)N1CCCCCC1. The molecule has 1 saturated heterocycles. The summed E-state index contributed by atoms with van der Waals surface area (Å²) in [5, 5.41) is 0. The molecular formula is C14H17BrClNO3S. The summed E-state index contributed by atoms with van der Waals surface area (Å²) in [5.74, 6) is -0.128. The highest BCUT2D eigenvalue weighted by Crippen LogP contribution is 2.28. The van der Waals surface area contributed by atoms with Crippen molar-refractivity contribution in [3.63, 3.8) is 0 Å². The van der Waals surface area contributed by atoms with E-state index in [9.17, 15) is 13.2 Å². The third kappa shape index (κ3) is 3.99. The van der Waals surface area contributed by atoms with Crippen molar-refractivity contribution in [2.45, 2.75) is 37.5 Å². The van der Waals surface area contributed by atoms with Crippen LogP contribution in [-0.4, -0.2) is 32.3 Å². The molecule has 0 aromatic heterocycles. The first kappa shape index (κ1) is 16.8. The third-order valence-electron chi connectivity index (χ3n) is 3.72. The average Bonchev–Trinajstić information content (AvgIpc) is 2.68. The van der Waals surface area contributed by atoms with Gasteiger partial charge in [-0.3, -0.25) is 4.79 Å². The van der Waals surface area contributed by atoms with Crippen LogP contribution in [0.5, 0.6) is 0 Å². The predicted octanol–water partition coefficient (Wildman–Crippen LogP) is 3.70. The highest BCUT2D eigenvalue weighted by atomic mass is 79.9. The Labute approximate surface area is 138 Å². The quantitative estimate of drug-likeness (QED) is 0.719. The van der Waals surface area contributed by atoms with Crippen LogP contribution in [0.4, 0.5) is 0 Å². The molecule has 1 amide bonds. The molecule has 0 radical (unpaired) electrons. The van der Waals surface area contributed by atoms with E-state index in [1.807, 2.05) is 0 Å². The lowest BCUT2D eigenvalue weighted by Gasteiger charge is -2.22. The lowest BCUT2D eigenvalue weighted by molar-refractivity contribution is 0.0760. The molecule has 4 nitrogen and oxygen atoms in total. The molecule has 7 heteroatoms. The first-order chi connectivity index (χ1) is 9.80. The van der Waals surface area contributed by atoms with Crippen LogP contribution in [0.25, 0.3) is 0 Å². The average molecular weight is 395 g/mol. The minimum atomic E-state index is -3.86. The first-order valence-electron chi connectivity index (χ1n) is 6.85. The number of likely N-dealkylation sites (tertiary alicyclic amines) is 1. The molecule has 1 aromatic carbocycles. The van der Waals surface area contributed by atoms with Crippen molar-refractivity contribution >= 4 is 41.6 Å². The van der Waals surface area contributed by atoms with Gasteiger partial charge in [0.15, 0.2) is 0 Å². The Morgan fingerprint density at radius 2 is 1.76 bits per heavy atom. The Kier molecular flexibility index (Phi) is 5.33. The van der Waals surface area contributed by atoms with Crippen LogP contribution < -0.4 is 0 Å². The number of hydrogen-bond acceptors (Lipinski definition) is 3. The van der Waals surface area contributed by atoms with Crippen molar-refractivity contribution in [3.8, 4) is 0 Å². The molecule has 0 N–H and O–H groups in total. The highest BCUT2D eigenvalue weighted by Gasteiger charge is 2.23. The van der Waals surface area contributed by atoms with Crippen LogP contribution >= 0.6 is 26.6 Å². The summed E-state index contributed by atoms with van der Waals surface area (Å²) in [6, 6.07) is 2.80. The van der Waals surface area contributed by atoms with E-state index in [0.29, 0.717) is 23.1 Å². The number of halogens is 2.